The molecule has 0 aliphatic carbocycles. The van der Waals surface area contributed by atoms with Crippen LogP contribution in [0.15, 0.2) is 52.0 Å². The van der Waals surface area contributed by atoms with Crippen molar-refractivity contribution in [1.82, 2.24) is 15.5 Å². The molecule has 0 saturated carbocycles. The van der Waals surface area contributed by atoms with Gasteiger partial charge in [-0.05, 0) is 41.8 Å². The first kappa shape index (κ1) is 21.2. The Morgan fingerprint density at radius 3 is 2.47 bits per heavy atom. The van der Waals surface area contributed by atoms with Crippen LogP contribution in [-0.4, -0.2) is 36.9 Å². The summed E-state index contributed by atoms with van der Waals surface area (Å²) < 4.78 is 15.8. The number of nitrogens with one attached hydrogen (secondary N) is 1. The van der Waals surface area contributed by atoms with Gasteiger partial charge < -0.3 is 25.0 Å². The molecule has 0 atom stereocenters. The molecule has 3 aromatic rings. The highest BCUT2D eigenvalue weighted by atomic mass is 16.5. The van der Waals surface area contributed by atoms with Crippen LogP contribution in [0.25, 0.3) is 11.5 Å². The van der Waals surface area contributed by atoms with Crippen molar-refractivity contribution in [2.45, 2.75) is 26.3 Å². The predicted octanol–water partition coefficient (Wildman–Crippen LogP) is 2.96. The first-order chi connectivity index (χ1) is 14.6. The summed E-state index contributed by atoms with van der Waals surface area (Å²) in [6.45, 7) is 3.13. The molecule has 8 heteroatoms. The molecule has 0 radical (unpaired) electrons. The summed E-state index contributed by atoms with van der Waals surface area (Å²) in [5, 5.41) is 7.06. The van der Waals surface area contributed by atoms with Gasteiger partial charge in [-0.25, -0.2) is 4.99 Å². The van der Waals surface area contributed by atoms with Gasteiger partial charge in [0.15, 0.2) is 23.3 Å². The number of benzene rings is 2. The van der Waals surface area contributed by atoms with E-state index in [1.807, 2.05) is 49.4 Å². The SMILES string of the molecule is CCc1noc(-c2ccc(CCNC(N)=NCc3ccc(OC)c(OC)c3)cc2)n1. The Balaban J connectivity index is 1.48. The molecule has 1 aromatic heterocycles. The molecule has 0 aliphatic rings. The zero-order valence-electron chi connectivity index (χ0n) is 17.5. The molecule has 1 heterocycles. The second-order valence-corrected chi connectivity index (χ2v) is 6.63. The van der Waals surface area contributed by atoms with Crippen LogP contribution >= 0.6 is 0 Å². The van der Waals surface area contributed by atoms with Gasteiger partial charge >= 0.3 is 0 Å². The molecule has 30 heavy (non-hydrogen) atoms. The van der Waals surface area contributed by atoms with Gasteiger partial charge in [0.2, 0.25) is 0 Å². The Morgan fingerprint density at radius 2 is 1.80 bits per heavy atom. The van der Waals surface area contributed by atoms with E-state index in [4.69, 9.17) is 19.7 Å². The van der Waals surface area contributed by atoms with Crippen molar-refractivity contribution in [2.24, 2.45) is 10.7 Å². The largest absolute Gasteiger partial charge is 0.493 e. The number of guanidine groups is 1. The lowest BCUT2D eigenvalue weighted by Gasteiger charge is -2.09. The maximum Gasteiger partial charge on any atom is 0.257 e. The van der Waals surface area contributed by atoms with Gasteiger partial charge in [0, 0.05) is 18.5 Å². The second kappa shape index (κ2) is 10.3. The Morgan fingerprint density at radius 1 is 1.07 bits per heavy atom. The average Bonchev–Trinajstić information content (AvgIpc) is 3.27. The van der Waals surface area contributed by atoms with Crippen molar-refractivity contribution in [3.8, 4) is 23.0 Å². The standard InChI is InChI=1S/C22H27N5O3/c1-4-20-26-21(30-27-20)17-8-5-15(6-9-17)11-12-24-22(23)25-14-16-7-10-18(28-2)19(13-16)29-3/h5-10,13H,4,11-12,14H2,1-3H3,(H3,23,24,25). The molecule has 3 N–H and O–H groups in total. The van der Waals surface area contributed by atoms with Crippen LogP contribution < -0.4 is 20.5 Å². The first-order valence-corrected chi connectivity index (χ1v) is 9.79. The number of aliphatic imine (C=N–C) groups is 1. The highest BCUT2D eigenvalue weighted by Crippen LogP contribution is 2.27. The van der Waals surface area contributed by atoms with Crippen LogP contribution in [0.5, 0.6) is 11.5 Å². The van der Waals surface area contributed by atoms with Gasteiger partial charge in [-0.3, -0.25) is 0 Å². The van der Waals surface area contributed by atoms with Crippen LogP contribution in [0.3, 0.4) is 0 Å². The number of methoxy groups -OCH3 is 2. The molecular formula is C22H27N5O3. The third-order valence-corrected chi connectivity index (χ3v) is 4.58. The summed E-state index contributed by atoms with van der Waals surface area (Å²) in [4.78, 5) is 8.72. The molecule has 0 saturated heterocycles. The Bertz CT molecular complexity index is 983. The van der Waals surface area contributed by atoms with Crippen LogP contribution in [-0.2, 0) is 19.4 Å². The quantitative estimate of drug-likeness (QED) is 0.413. The van der Waals surface area contributed by atoms with E-state index in [0.29, 0.717) is 42.3 Å². The van der Waals surface area contributed by atoms with Gasteiger partial charge in [-0.15, -0.1) is 0 Å². The van der Waals surface area contributed by atoms with Gasteiger partial charge in [0.1, 0.15) is 0 Å². The monoisotopic (exact) mass is 409 g/mol. The molecule has 3 rings (SSSR count). The lowest BCUT2D eigenvalue weighted by atomic mass is 10.1. The van der Waals surface area contributed by atoms with Crippen LogP contribution in [0, 0.1) is 0 Å². The average molecular weight is 409 g/mol. The molecule has 0 bridgehead atoms. The molecule has 0 aliphatic heterocycles. The molecule has 0 amide bonds. The highest BCUT2D eigenvalue weighted by Gasteiger charge is 2.07. The van der Waals surface area contributed by atoms with Crippen molar-refractivity contribution in [3.05, 3.63) is 59.4 Å². The molecule has 8 nitrogen and oxygen atoms in total. The smallest absolute Gasteiger partial charge is 0.257 e. The molecule has 0 spiro atoms. The van der Waals surface area contributed by atoms with Crippen molar-refractivity contribution >= 4 is 5.96 Å². The lowest BCUT2D eigenvalue weighted by Crippen LogP contribution is -2.33. The Labute approximate surface area is 176 Å². The summed E-state index contributed by atoms with van der Waals surface area (Å²) in [5.41, 5.74) is 9.06. The number of ether oxygens (including phenoxy) is 2. The highest BCUT2D eigenvalue weighted by molar-refractivity contribution is 5.77. The predicted molar refractivity (Wildman–Crippen MR) is 116 cm³/mol. The summed E-state index contributed by atoms with van der Waals surface area (Å²) in [5.74, 6) is 3.02. The number of hydrogen-bond donors (Lipinski definition) is 2. The minimum Gasteiger partial charge on any atom is -0.493 e. The van der Waals surface area contributed by atoms with Gasteiger partial charge in [-0.1, -0.05) is 30.3 Å². The minimum atomic E-state index is 0.402. The second-order valence-electron chi connectivity index (χ2n) is 6.63. The number of hydrogen-bond acceptors (Lipinski definition) is 6. The van der Waals surface area contributed by atoms with Gasteiger partial charge in [-0.2, -0.15) is 4.98 Å². The first-order valence-electron chi connectivity index (χ1n) is 9.79. The maximum atomic E-state index is 5.98. The fourth-order valence-corrected chi connectivity index (χ4v) is 2.88. The third-order valence-electron chi connectivity index (χ3n) is 4.58. The van der Waals surface area contributed by atoms with Crippen molar-refractivity contribution in [3.63, 3.8) is 0 Å². The van der Waals surface area contributed by atoms with Crippen LogP contribution in [0.4, 0.5) is 0 Å². The zero-order chi connectivity index (χ0) is 21.3. The summed E-state index contributed by atoms with van der Waals surface area (Å²) >= 11 is 0. The van der Waals surface area contributed by atoms with Gasteiger partial charge in [0.05, 0.1) is 20.8 Å². The molecule has 2 aromatic carbocycles. The summed E-state index contributed by atoms with van der Waals surface area (Å²) in [7, 11) is 3.22. The fourth-order valence-electron chi connectivity index (χ4n) is 2.88. The minimum absolute atomic E-state index is 0.402. The normalized spacial score (nSPS) is 11.4. The number of aryl methyl sites for hydroxylation is 1. The van der Waals surface area contributed by atoms with Crippen LogP contribution in [0.1, 0.15) is 23.9 Å². The zero-order valence-corrected chi connectivity index (χ0v) is 17.5. The molecule has 158 valence electrons. The van der Waals surface area contributed by atoms with E-state index in [1.54, 1.807) is 14.2 Å². The molecular weight excluding hydrogens is 382 g/mol. The summed E-state index contributed by atoms with van der Waals surface area (Å²) in [6, 6.07) is 13.7. The van der Waals surface area contributed by atoms with E-state index >= 15 is 0 Å². The topological polar surface area (TPSA) is 108 Å². The van der Waals surface area contributed by atoms with Crippen molar-refractivity contribution < 1.29 is 14.0 Å². The third kappa shape index (κ3) is 5.50. The number of nitrogens with two attached hydrogens (primary N) is 1. The van der Waals surface area contributed by atoms with E-state index < -0.39 is 0 Å². The lowest BCUT2D eigenvalue weighted by molar-refractivity contribution is 0.354. The molecule has 0 fully saturated rings. The fraction of sp³-hybridized carbons (Fsp3) is 0.318. The molecule has 0 unspecified atom stereocenters. The Hall–Kier alpha value is -3.55. The van der Waals surface area contributed by atoms with E-state index in [9.17, 15) is 0 Å². The number of aromatic nitrogens is 2. The maximum absolute atomic E-state index is 5.98. The van der Waals surface area contributed by atoms with Crippen molar-refractivity contribution in [2.75, 3.05) is 20.8 Å². The number of nitrogens with zero attached hydrogens (tertiary/aromatic N) is 3. The number of rotatable bonds is 9. The van der Waals surface area contributed by atoms with E-state index in [2.05, 4.69) is 20.4 Å². The van der Waals surface area contributed by atoms with Gasteiger partial charge in [0.25, 0.3) is 5.89 Å². The van der Waals surface area contributed by atoms with E-state index in [0.717, 1.165) is 24.0 Å². The van der Waals surface area contributed by atoms with Crippen LogP contribution in [0.2, 0.25) is 0 Å². The van der Waals surface area contributed by atoms with Crippen molar-refractivity contribution in [1.29, 1.82) is 0 Å². The van der Waals surface area contributed by atoms with E-state index in [-0.39, 0.29) is 0 Å². The van der Waals surface area contributed by atoms with E-state index in [1.165, 1.54) is 5.56 Å². The Kier molecular flexibility index (Phi) is 7.26. The summed E-state index contributed by atoms with van der Waals surface area (Å²) in [6.07, 6.45) is 1.57.